The van der Waals surface area contributed by atoms with Gasteiger partial charge in [-0.1, -0.05) is 38.2 Å². The Kier molecular flexibility index (Phi) is 3.38. The van der Waals surface area contributed by atoms with Gasteiger partial charge in [0, 0.05) is 17.8 Å². The van der Waals surface area contributed by atoms with Gasteiger partial charge in [-0.3, -0.25) is 0 Å². The Labute approximate surface area is 109 Å². The van der Waals surface area contributed by atoms with Gasteiger partial charge in [0.2, 0.25) is 0 Å². The number of thiocarbonyl (C=S) groups is 1. The Morgan fingerprint density at radius 2 is 2.06 bits per heavy atom. The van der Waals surface area contributed by atoms with Crippen molar-refractivity contribution in [1.29, 1.82) is 0 Å². The van der Waals surface area contributed by atoms with Crippen LogP contribution in [0, 0.1) is 11.3 Å². The van der Waals surface area contributed by atoms with Gasteiger partial charge >= 0.3 is 0 Å². The second kappa shape index (κ2) is 4.65. The standard InChI is InChI=1S/C14H20N2S/c1-10(2)14(7-8-14)9-16-12-6-4-3-5-11(12)13(15)17/h3-6,10,16H,7-9H2,1-2H3,(H2,15,17). The van der Waals surface area contributed by atoms with E-state index in [2.05, 4.69) is 19.2 Å². The van der Waals surface area contributed by atoms with E-state index in [0.29, 0.717) is 10.4 Å². The molecule has 0 radical (unpaired) electrons. The third-order valence-electron chi connectivity index (χ3n) is 3.94. The SMILES string of the molecule is CC(C)C1(CNc2ccccc2C(N)=S)CC1. The van der Waals surface area contributed by atoms with E-state index in [1.807, 2.05) is 24.3 Å². The minimum absolute atomic E-state index is 0.461. The summed E-state index contributed by atoms with van der Waals surface area (Å²) in [5.74, 6) is 0.729. The van der Waals surface area contributed by atoms with Crippen molar-refractivity contribution in [3.05, 3.63) is 29.8 Å². The highest BCUT2D eigenvalue weighted by molar-refractivity contribution is 7.80. The molecule has 0 bridgehead atoms. The third-order valence-corrected chi connectivity index (χ3v) is 4.16. The first-order chi connectivity index (χ1) is 8.05. The number of anilines is 1. The summed E-state index contributed by atoms with van der Waals surface area (Å²) in [6.45, 7) is 5.62. The largest absolute Gasteiger partial charge is 0.389 e. The van der Waals surface area contributed by atoms with Crippen molar-refractivity contribution in [2.45, 2.75) is 26.7 Å². The summed E-state index contributed by atoms with van der Waals surface area (Å²) >= 11 is 5.06. The van der Waals surface area contributed by atoms with Crippen molar-refractivity contribution in [2.75, 3.05) is 11.9 Å². The molecule has 1 saturated carbocycles. The lowest BCUT2D eigenvalue weighted by molar-refractivity contribution is 0.380. The van der Waals surface area contributed by atoms with Crippen LogP contribution >= 0.6 is 12.2 Å². The lowest BCUT2D eigenvalue weighted by atomic mass is 9.92. The number of nitrogens with one attached hydrogen (secondary N) is 1. The van der Waals surface area contributed by atoms with Gasteiger partial charge in [-0.15, -0.1) is 0 Å². The molecule has 1 aliphatic rings. The van der Waals surface area contributed by atoms with E-state index in [4.69, 9.17) is 18.0 Å². The maximum Gasteiger partial charge on any atom is 0.106 e. The molecule has 2 nitrogen and oxygen atoms in total. The average molecular weight is 248 g/mol. The number of para-hydroxylation sites is 1. The van der Waals surface area contributed by atoms with E-state index in [-0.39, 0.29) is 0 Å². The second-order valence-electron chi connectivity index (χ2n) is 5.28. The Morgan fingerprint density at radius 3 is 2.59 bits per heavy atom. The highest BCUT2D eigenvalue weighted by Crippen LogP contribution is 2.51. The molecule has 0 saturated heterocycles. The molecule has 1 fully saturated rings. The molecule has 0 spiro atoms. The summed E-state index contributed by atoms with van der Waals surface area (Å²) < 4.78 is 0. The molecule has 1 aromatic carbocycles. The highest BCUT2D eigenvalue weighted by Gasteiger charge is 2.44. The van der Waals surface area contributed by atoms with Crippen LogP contribution in [0.4, 0.5) is 5.69 Å². The molecule has 1 aromatic rings. The first-order valence-electron chi connectivity index (χ1n) is 6.18. The molecule has 3 N–H and O–H groups in total. The summed E-state index contributed by atoms with van der Waals surface area (Å²) in [5, 5.41) is 3.51. The highest BCUT2D eigenvalue weighted by atomic mass is 32.1. The van der Waals surface area contributed by atoms with Gasteiger partial charge in [-0.2, -0.15) is 0 Å². The fraction of sp³-hybridized carbons (Fsp3) is 0.500. The van der Waals surface area contributed by atoms with Crippen molar-refractivity contribution in [2.24, 2.45) is 17.1 Å². The Bertz CT molecular complexity index is 422. The van der Waals surface area contributed by atoms with Crippen molar-refractivity contribution < 1.29 is 0 Å². The minimum atomic E-state index is 0.461. The van der Waals surface area contributed by atoms with Crippen molar-refractivity contribution in [1.82, 2.24) is 0 Å². The molecule has 0 amide bonds. The van der Waals surface area contributed by atoms with E-state index in [1.165, 1.54) is 12.8 Å². The van der Waals surface area contributed by atoms with Gasteiger partial charge in [-0.25, -0.2) is 0 Å². The fourth-order valence-corrected chi connectivity index (χ4v) is 2.42. The zero-order valence-corrected chi connectivity index (χ0v) is 11.3. The molecular weight excluding hydrogens is 228 g/mol. The lowest BCUT2D eigenvalue weighted by Crippen LogP contribution is -2.22. The van der Waals surface area contributed by atoms with Crippen LogP contribution in [-0.2, 0) is 0 Å². The summed E-state index contributed by atoms with van der Waals surface area (Å²) in [4.78, 5) is 0.461. The van der Waals surface area contributed by atoms with Crippen molar-refractivity contribution in [3.63, 3.8) is 0 Å². The van der Waals surface area contributed by atoms with Gasteiger partial charge in [-0.05, 0) is 36.3 Å². The Balaban J connectivity index is 2.07. The molecule has 1 aliphatic carbocycles. The molecular formula is C14H20N2S. The summed E-state index contributed by atoms with van der Waals surface area (Å²) in [6.07, 6.45) is 2.65. The summed E-state index contributed by atoms with van der Waals surface area (Å²) in [5.41, 5.74) is 8.22. The normalized spacial score (nSPS) is 16.9. The lowest BCUT2D eigenvalue weighted by Gasteiger charge is -2.21. The van der Waals surface area contributed by atoms with E-state index in [0.717, 1.165) is 23.7 Å². The summed E-state index contributed by atoms with van der Waals surface area (Å²) in [7, 11) is 0. The third kappa shape index (κ3) is 2.60. The molecule has 92 valence electrons. The van der Waals surface area contributed by atoms with E-state index < -0.39 is 0 Å². The predicted octanol–water partition coefficient (Wildman–Crippen LogP) is 3.17. The van der Waals surface area contributed by atoms with Crippen LogP contribution in [0.3, 0.4) is 0 Å². The number of hydrogen-bond donors (Lipinski definition) is 2. The number of hydrogen-bond acceptors (Lipinski definition) is 2. The van der Waals surface area contributed by atoms with Gasteiger partial charge in [0.15, 0.2) is 0 Å². The molecule has 0 heterocycles. The molecule has 2 rings (SSSR count). The minimum Gasteiger partial charge on any atom is -0.389 e. The van der Waals surface area contributed by atoms with E-state index in [1.54, 1.807) is 0 Å². The van der Waals surface area contributed by atoms with E-state index >= 15 is 0 Å². The van der Waals surface area contributed by atoms with Gasteiger partial charge in [0.25, 0.3) is 0 Å². The van der Waals surface area contributed by atoms with Crippen molar-refractivity contribution in [3.8, 4) is 0 Å². The van der Waals surface area contributed by atoms with Crippen LogP contribution in [-0.4, -0.2) is 11.5 Å². The van der Waals surface area contributed by atoms with Crippen LogP contribution in [0.25, 0.3) is 0 Å². The fourth-order valence-electron chi connectivity index (χ4n) is 2.24. The smallest absolute Gasteiger partial charge is 0.106 e. The van der Waals surface area contributed by atoms with Crippen LogP contribution in [0.5, 0.6) is 0 Å². The maximum absolute atomic E-state index is 5.72. The van der Waals surface area contributed by atoms with Gasteiger partial charge < -0.3 is 11.1 Å². The Hall–Kier alpha value is -1.09. The van der Waals surface area contributed by atoms with Crippen LogP contribution < -0.4 is 11.1 Å². The topological polar surface area (TPSA) is 38.0 Å². The average Bonchev–Trinajstić information content (AvgIpc) is 3.07. The zero-order chi connectivity index (χ0) is 12.5. The quantitative estimate of drug-likeness (QED) is 0.786. The number of rotatable bonds is 5. The van der Waals surface area contributed by atoms with Crippen LogP contribution in [0.15, 0.2) is 24.3 Å². The van der Waals surface area contributed by atoms with E-state index in [9.17, 15) is 0 Å². The van der Waals surface area contributed by atoms with Crippen LogP contribution in [0.2, 0.25) is 0 Å². The molecule has 17 heavy (non-hydrogen) atoms. The number of nitrogens with two attached hydrogens (primary N) is 1. The second-order valence-corrected chi connectivity index (χ2v) is 5.72. The molecule has 3 heteroatoms. The van der Waals surface area contributed by atoms with Crippen molar-refractivity contribution >= 4 is 22.9 Å². The molecule has 0 aliphatic heterocycles. The molecule has 0 atom stereocenters. The predicted molar refractivity (Wildman–Crippen MR) is 77.3 cm³/mol. The first-order valence-corrected chi connectivity index (χ1v) is 6.59. The van der Waals surface area contributed by atoms with Gasteiger partial charge in [0.05, 0.1) is 0 Å². The number of benzene rings is 1. The Morgan fingerprint density at radius 1 is 1.41 bits per heavy atom. The zero-order valence-electron chi connectivity index (χ0n) is 10.5. The monoisotopic (exact) mass is 248 g/mol. The maximum atomic E-state index is 5.72. The first kappa shape index (κ1) is 12.4. The van der Waals surface area contributed by atoms with Crippen LogP contribution in [0.1, 0.15) is 32.3 Å². The van der Waals surface area contributed by atoms with Gasteiger partial charge in [0.1, 0.15) is 4.99 Å². The molecule has 0 unspecified atom stereocenters. The molecule has 0 aromatic heterocycles. The summed E-state index contributed by atoms with van der Waals surface area (Å²) in [6, 6.07) is 8.00.